The van der Waals surface area contributed by atoms with Crippen molar-refractivity contribution in [3.8, 4) is 0 Å². The molecule has 0 unspecified atom stereocenters. The molecule has 16 heavy (non-hydrogen) atoms. The predicted octanol–water partition coefficient (Wildman–Crippen LogP) is 3.40. The van der Waals surface area contributed by atoms with E-state index in [4.69, 9.17) is 5.73 Å². The van der Waals surface area contributed by atoms with Crippen molar-refractivity contribution in [2.75, 3.05) is 11.1 Å². The van der Waals surface area contributed by atoms with E-state index in [1.807, 2.05) is 18.2 Å². The summed E-state index contributed by atoms with van der Waals surface area (Å²) in [6.45, 7) is 4.16. The molecule has 1 aromatic heterocycles. The molecule has 0 saturated carbocycles. The lowest BCUT2D eigenvalue weighted by Gasteiger charge is -2.13. The minimum atomic E-state index is 0.330. The molecule has 2 rings (SSSR count). The second kappa shape index (κ2) is 4.29. The quantitative estimate of drug-likeness (QED) is 0.829. The number of nitrogen functional groups attached to an aromatic ring is 1. The number of aromatic nitrogens is 1. The molecular weight excluding hydrogens is 266 g/mol. The van der Waals surface area contributed by atoms with Crippen molar-refractivity contribution >= 4 is 38.2 Å². The fourth-order valence-corrected chi connectivity index (χ4v) is 2.10. The second-order valence-corrected chi connectivity index (χ2v) is 4.88. The highest BCUT2D eigenvalue weighted by Gasteiger charge is 2.09. The van der Waals surface area contributed by atoms with E-state index in [1.165, 1.54) is 0 Å². The molecule has 4 heteroatoms. The fourth-order valence-electron chi connectivity index (χ4n) is 1.67. The van der Waals surface area contributed by atoms with E-state index < -0.39 is 0 Å². The first-order valence-electron chi connectivity index (χ1n) is 5.19. The van der Waals surface area contributed by atoms with Crippen LogP contribution in [0.1, 0.15) is 13.8 Å². The minimum absolute atomic E-state index is 0.330. The monoisotopic (exact) mass is 279 g/mol. The predicted molar refractivity (Wildman–Crippen MR) is 72.6 cm³/mol. The Morgan fingerprint density at radius 3 is 2.81 bits per heavy atom. The van der Waals surface area contributed by atoms with Crippen LogP contribution >= 0.6 is 15.9 Å². The van der Waals surface area contributed by atoms with Gasteiger partial charge in [-0.2, -0.15) is 0 Å². The summed E-state index contributed by atoms with van der Waals surface area (Å²) in [5.74, 6) is 0.839. The maximum absolute atomic E-state index is 6.00. The van der Waals surface area contributed by atoms with Gasteiger partial charge in [-0.05, 0) is 35.8 Å². The van der Waals surface area contributed by atoms with Crippen LogP contribution in [0.2, 0.25) is 0 Å². The summed E-state index contributed by atoms with van der Waals surface area (Å²) < 4.78 is 0.962. The Morgan fingerprint density at radius 1 is 1.38 bits per heavy atom. The van der Waals surface area contributed by atoms with Crippen LogP contribution in [0, 0.1) is 0 Å². The molecule has 1 heterocycles. The summed E-state index contributed by atoms with van der Waals surface area (Å²) in [5, 5.41) is 5.36. The maximum atomic E-state index is 6.00. The molecule has 0 spiro atoms. The van der Waals surface area contributed by atoms with Gasteiger partial charge in [0.25, 0.3) is 0 Å². The number of benzene rings is 1. The third-order valence-electron chi connectivity index (χ3n) is 2.32. The lowest BCUT2D eigenvalue weighted by atomic mass is 10.1. The molecule has 0 amide bonds. The fraction of sp³-hybridized carbons (Fsp3) is 0.250. The number of hydrogen-bond donors (Lipinski definition) is 2. The van der Waals surface area contributed by atoms with Crippen molar-refractivity contribution in [3.05, 3.63) is 28.9 Å². The van der Waals surface area contributed by atoms with Gasteiger partial charge in [0, 0.05) is 33.2 Å². The summed E-state index contributed by atoms with van der Waals surface area (Å²) in [4.78, 5) is 4.37. The molecule has 0 aliphatic heterocycles. The van der Waals surface area contributed by atoms with Crippen LogP contribution in [0.4, 0.5) is 11.5 Å². The molecule has 3 N–H and O–H groups in total. The van der Waals surface area contributed by atoms with E-state index >= 15 is 0 Å². The Bertz CT molecular complexity index is 523. The molecule has 0 radical (unpaired) electrons. The van der Waals surface area contributed by atoms with E-state index in [-0.39, 0.29) is 0 Å². The number of pyridine rings is 1. The molecule has 3 nitrogen and oxygen atoms in total. The lowest BCUT2D eigenvalue weighted by molar-refractivity contribution is 0.892. The van der Waals surface area contributed by atoms with E-state index in [0.717, 1.165) is 26.8 Å². The van der Waals surface area contributed by atoms with Crippen LogP contribution in [0.3, 0.4) is 0 Å². The molecule has 0 aliphatic carbocycles. The second-order valence-electron chi connectivity index (χ2n) is 4.02. The Labute approximate surface area is 103 Å². The largest absolute Gasteiger partial charge is 0.398 e. The molecule has 84 valence electrons. The molecular formula is C12H14BrN3. The Hall–Kier alpha value is -1.29. The van der Waals surface area contributed by atoms with E-state index in [0.29, 0.717) is 6.04 Å². The van der Waals surface area contributed by atoms with Crippen LogP contribution in [0.15, 0.2) is 28.9 Å². The Kier molecular flexibility index (Phi) is 3.01. The number of hydrogen-bond acceptors (Lipinski definition) is 3. The number of nitrogens with zero attached hydrogens (tertiary/aromatic N) is 1. The number of rotatable bonds is 2. The van der Waals surface area contributed by atoms with Gasteiger partial charge in [0.05, 0.1) is 0 Å². The van der Waals surface area contributed by atoms with Crippen LogP contribution in [0.5, 0.6) is 0 Å². The van der Waals surface area contributed by atoms with Gasteiger partial charge < -0.3 is 11.1 Å². The summed E-state index contributed by atoms with van der Waals surface area (Å²) in [5.41, 5.74) is 6.75. The molecule has 0 saturated heterocycles. The van der Waals surface area contributed by atoms with Gasteiger partial charge in [-0.25, -0.2) is 4.98 Å². The normalized spacial score (nSPS) is 11.0. The van der Waals surface area contributed by atoms with Crippen molar-refractivity contribution in [2.24, 2.45) is 0 Å². The van der Waals surface area contributed by atoms with E-state index in [2.05, 4.69) is 40.1 Å². The highest BCUT2D eigenvalue weighted by Crippen LogP contribution is 2.32. The van der Waals surface area contributed by atoms with Crippen LogP contribution in [0.25, 0.3) is 10.8 Å². The molecule has 0 atom stereocenters. The van der Waals surface area contributed by atoms with Crippen molar-refractivity contribution in [3.63, 3.8) is 0 Å². The molecule has 1 aromatic carbocycles. The zero-order valence-corrected chi connectivity index (χ0v) is 10.9. The zero-order chi connectivity index (χ0) is 11.7. The third-order valence-corrected chi connectivity index (χ3v) is 2.96. The topological polar surface area (TPSA) is 50.9 Å². The highest BCUT2D eigenvalue weighted by atomic mass is 79.9. The Morgan fingerprint density at radius 2 is 2.12 bits per heavy atom. The number of anilines is 2. The molecule has 0 fully saturated rings. The van der Waals surface area contributed by atoms with Crippen LogP contribution < -0.4 is 11.1 Å². The minimum Gasteiger partial charge on any atom is -0.398 e. The average Bonchev–Trinajstić information content (AvgIpc) is 2.22. The van der Waals surface area contributed by atoms with E-state index in [9.17, 15) is 0 Å². The van der Waals surface area contributed by atoms with Crippen molar-refractivity contribution in [1.82, 2.24) is 4.98 Å². The van der Waals surface area contributed by atoms with E-state index in [1.54, 1.807) is 6.20 Å². The summed E-state index contributed by atoms with van der Waals surface area (Å²) in [6, 6.07) is 6.20. The van der Waals surface area contributed by atoms with Gasteiger partial charge >= 0.3 is 0 Å². The SMILES string of the molecule is CC(C)Nc1ncc(Br)c2cccc(N)c12. The number of fused-ring (bicyclic) bond motifs is 1. The van der Waals surface area contributed by atoms with Gasteiger partial charge in [-0.3, -0.25) is 0 Å². The lowest BCUT2D eigenvalue weighted by Crippen LogP contribution is -2.11. The molecule has 0 bridgehead atoms. The molecule has 2 aromatic rings. The highest BCUT2D eigenvalue weighted by molar-refractivity contribution is 9.10. The maximum Gasteiger partial charge on any atom is 0.136 e. The van der Waals surface area contributed by atoms with Crippen molar-refractivity contribution in [1.29, 1.82) is 0 Å². The zero-order valence-electron chi connectivity index (χ0n) is 9.29. The summed E-state index contributed by atoms with van der Waals surface area (Å²) in [7, 11) is 0. The van der Waals surface area contributed by atoms with Crippen molar-refractivity contribution < 1.29 is 0 Å². The Balaban J connectivity index is 2.71. The number of nitrogens with one attached hydrogen (secondary N) is 1. The molecule has 0 aliphatic rings. The van der Waals surface area contributed by atoms with Gasteiger partial charge in [0.1, 0.15) is 5.82 Å². The van der Waals surface area contributed by atoms with Gasteiger partial charge in [0.15, 0.2) is 0 Å². The van der Waals surface area contributed by atoms with Crippen molar-refractivity contribution in [2.45, 2.75) is 19.9 Å². The first kappa shape index (κ1) is 11.2. The number of halogens is 1. The third kappa shape index (κ3) is 1.97. The first-order valence-corrected chi connectivity index (χ1v) is 5.98. The van der Waals surface area contributed by atoms with Crippen LogP contribution in [-0.2, 0) is 0 Å². The van der Waals surface area contributed by atoms with Gasteiger partial charge in [0.2, 0.25) is 0 Å². The van der Waals surface area contributed by atoms with Gasteiger partial charge in [-0.1, -0.05) is 12.1 Å². The smallest absolute Gasteiger partial charge is 0.136 e. The van der Waals surface area contributed by atoms with Gasteiger partial charge in [-0.15, -0.1) is 0 Å². The number of nitrogens with two attached hydrogens (primary N) is 1. The standard InChI is InChI=1S/C12H14BrN3/c1-7(2)16-12-11-8(9(13)6-15-12)4-3-5-10(11)14/h3-7H,14H2,1-2H3,(H,15,16). The first-order chi connectivity index (χ1) is 7.59. The van der Waals surface area contributed by atoms with Crippen LogP contribution in [-0.4, -0.2) is 11.0 Å². The summed E-state index contributed by atoms with van der Waals surface area (Å²) in [6.07, 6.45) is 1.80. The average molecular weight is 280 g/mol. The summed E-state index contributed by atoms with van der Waals surface area (Å²) >= 11 is 3.49.